The maximum Gasteiger partial charge on any atom is 0.338 e. The highest BCUT2D eigenvalue weighted by atomic mass is 32.2. The summed E-state index contributed by atoms with van der Waals surface area (Å²) < 4.78 is 32.4. The summed E-state index contributed by atoms with van der Waals surface area (Å²) in [7, 11) is -3.78. The quantitative estimate of drug-likeness (QED) is 0.645. The van der Waals surface area contributed by atoms with Crippen LogP contribution in [0.4, 0.5) is 5.69 Å². The van der Waals surface area contributed by atoms with Gasteiger partial charge in [0.1, 0.15) is 0 Å². The fraction of sp³-hybridized carbons (Fsp3) is 0.333. The first-order chi connectivity index (χ1) is 13.7. The lowest BCUT2D eigenvalue weighted by Gasteiger charge is -2.13. The molecule has 0 radical (unpaired) electrons. The summed E-state index contributed by atoms with van der Waals surface area (Å²) in [5, 5.41) is 2.80. The van der Waals surface area contributed by atoms with Crippen molar-refractivity contribution in [2.75, 3.05) is 11.3 Å². The number of hydrogen-bond donors (Lipinski definition) is 2. The van der Waals surface area contributed by atoms with Crippen molar-refractivity contribution in [3.05, 3.63) is 59.7 Å². The Morgan fingerprint density at radius 1 is 1.07 bits per heavy atom. The van der Waals surface area contributed by atoms with Crippen LogP contribution in [0.5, 0.6) is 0 Å². The van der Waals surface area contributed by atoms with Gasteiger partial charge in [-0.25, -0.2) is 13.2 Å². The van der Waals surface area contributed by atoms with Gasteiger partial charge in [-0.15, -0.1) is 0 Å². The van der Waals surface area contributed by atoms with Crippen LogP contribution in [0.15, 0.2) is 53.4 Å². The second-order valence-corrected chi connectivity index (χ2v) is 8.95. The maximum atomic E-state index is 12.5. The van der Waals surface area contributed by atoms with E-state index in [9.17, 15) is 18.0 Å². The number of benzene rings is 2. The van der Waals surface area contributed by atoms with E-state index in [-0.39, 0.29) is 29.0 Å². The van der Waals surface area contributed by atoms with Crippen LogP contribution in [0.2, 0.25) is 0 Å². The molecule has 2 aromatic rings. The van der Waals surface area contributed by atoms with Crippen LogP contribution in [-0.4, -0.2) is 32.9 Å². The molecule has 1 saturated carbocycles. The van der Waals surface area contributed by atoms with Gasteiger partial charge in [-0.1, -0.05) is 17.7 Å². The molecule has 0 bridgehead atoms. The highest BCUT2D eigenvalue weighted by molar-refractivity contribution is 7.92. The molecule has 0 aliphatic heterocycles. The molecule has 154 valence electrons. The van der Waals surface area contributed by atoms with Gasteiger partial charge in [0.05, 0.1) is 10.5 Å². The van der Waals surface area contributed by atoms with E-state index in [1.165, 1.54) is 24.3 Å². The molecule has 0 spiro atoms. The second kappa shape index (κ2) is 8.65. The number of rotatable bonds is 8. The number of carbonyl (C=O) groups is 2. The third kappa shape index (κ3) is 5.80. The lowest BCUT2D eigenvalue weighted by molar-refractivity contribution is -0.124. The van der Waals surface area contributed by atoms with Crippen molar-refractivity contribution in [2.24, 2.45) is 5.92 Å². The largest absolute Gasteiger partial charge is 0.452 e. The van der Waals surface area contributed by atoms with Gasteiger partial charge in [-0.05, 0) is 69.0 Å². The summed E-state index contributed by atoms with van der Waals surface area (Å²) in [4.78, 5) is 23.9. The zero-order valence-corrected chi connectivity index (χ0v) is 17.2. The number of esters is 1. The molecule has 0 aromatic heterocycles. The van der Waals surface area contributed by atoms with Crippen LogP contribution in [0, 0.1) is 12.8 Å². The van der Waals surface area contributed by atoms with Crippen molar-refractivity contribution in [3.8, 4) is 0 Å². The molecular formula is C21H24N2O5S. The summed E-state index contributed by atoms with van der Waals surface area (Å²) in [6, 6.07) is 12.4. The number of carbonyl (C=O) groups excluding carboxylic acids is 2. The molecule has 7 nitrogen and oxygen atoms in total. The summed E-state index contributed by atoms with van der Waals surface area (Å²) in [6.07, 6.45) is 2.21. The fourth-order valence-corrected chi connectivity index (χ4v) is 3.89. The molecule has 2 aromatic carbocycles. The standard InChI is InChI=1S/C21H24N2O5S/c1-14-3-9-18(10-4-14)23-29(26,27)19-11-7-17(8-12-19)21(25)28-13-20(24)22-15(2)16-5-6-16/h3-4,7-12,15-16,23H,5-6,13H2,1-2H3,(H,22,24). The number of amides is 1. The number of aryl methyl sites for hydroxylation is 1. The number of nitrogens with one attached hydrogen (secondary N) is 2. The molecule has 1 fully saturated rings. The Bertz CT molecular complexity index is 981. The van der Waals surface area contributed by atoms with Crippen molar-refractivity contribution < 1.29 is 22.7 Å². The average Bonchev–Trinajstić information content (AvgIpc) is 3.53. The van der Waals surface area contributed by atoms with Crippen molar-refractivity contribution in [3.63, 3.8) is 0 Å². The lowest BCUT2D eigenvalue weighted by Crippen LogP contribution is -2.37. The predicted molar refractivity (Wildman–Crippen MR) is 109 cm³/mol. The minimum atomic E-state index is -3.78. The second-order valence-electron chi connectivity index (χ2n) is 7.27. The zero-order chi connectivity index (χ0) is 21.0. The Hall–Kier alpha value is -2.87. The summed E-state index contributed by atoms with van der Waals surface area (Å²) in [5.74, 6) is -0.522. The lowest BCUT2D eigenvalue weighted by atomic mass is 10.2. The highest BCUT2D eigenvalue weighted by Crippen LogP contribution is 2.32. The monoisotopic (exact) mass is 416 g/mol. The van der Waals surface area contributed by atoms with Crippen LogP contribution in [0.3, 0.4) is 0 Å². The smallest absolute Gasteiger partial charge is 0.338 e. The Morgan fingerprint density at radius 3 is 2.28 bits per heavy atom. The number of anilines is 1. The SMILES string of the molecule is Cc1ccc(NS(=O)(=O)c2ccc(C(=O)OCC(=O)NC(C)C3CC3)cc2)cc1. The fourth-order valence-electron chi connectivity index (χ4n) is 2.83. The third-order valence-electron chi connectivity index (χ3n) is 4.76. The van der Waals surface area contributed by atoms with Gasteiger partial charge in [0.15, 0.2) is 6.61 Å². The van der Waals surface area contributed by atoms with E-state index in [1.54, 1.807) is 24.3 Å². The summed E-state index contributed by atoms with van der Waals surface area (Å²) in [6.45, 7) is 3.47. The Morgan fingerprint density at radius 2 is 1.69 bits per heavy atom. The molecule has 1 aliphatic rings. The average molecular weight is 416 g/mol. The molecule has 1 atom stereocenters. The highest BCUT2D eigenvalue weighted by Gasteiger charge is 2.29. The molecule has 29 heavy (non-hydrogen) atoms. The Labute approximate surface area is 170 Å². The minimum absolute atomic E-state index is 0.0191. The van der Waals surface area contributed by atoms with E-state index in [0.29, 0.717) is 11.6 Å². The molecule has 2 N–H and O–H groups in total. The number of hydrogen-bond acceptors (Lipinski definition) is 5. The summed E-state index contributed by atoms with van der Waals surface area (Å²) in [5.41, 5.74) is 1.64. The number of sulfonamides is 1. The van der Waals surface area contributed by atoms with E-state index >= 15 is 0 Å². The van der Waals surface area contributed by atoms with E-state index in [2.05, 4.69) is 10.0 Å². The molecule has 1 amide bonds. The Kier molecular flexibility index (Phi) is 6.22. The first kappa shape index (κ1) is 20.9. The predicted octanol–water partition coefficient (Wildman–Crippen LogP) is 2.87. The molecule has 3 rings (SSSR count). The van der Waals surface area contributed by atoms with Gasteiger partial charge in [0, 0.05) is 11.7 Å². The van der Waals surface area contributed by atoms with E-state index in [0.717, 1.165) is 18.4 Å². The van der Waals surface area contributed by atoms with Crippen LogP contribution in [-0.2, 0) is 19.6 Å². The zero-order valence-electron chi connectivity index (χ0n) is 16.3. The van der Waals surface area contributed by atoms with Crippen molar-refractivity contribution in [1.82, 2.24) is 5.32 Å². The van der Waals surface area contributed by atoms with Crippen molar-refractivity contribution in [1.29, 1.82) is 0 Å². The van der Waals surface area contributed by atoms with Gasteiger partial charge < -0.3 is 10.1 Å². The van der Waals surface area contributed by atoms with Crippen LogP contribution in [0.25, 0.3) is 0 Å². The van der Waals surface area contributed by atoms with E-state index in [4.69, 9.17) is 4.74 Å². The third-order valence-corrected chi connectivity index (χ3v) is 6.15. The van der Waals surface area contributed by atoms with Gasteiger partial charge in [0.2, 0.25) is 0 Å². The Balaban J connectivity index is 1.56. The van der Waals surface area contributed by atoms with Gasteiger partial charge >= 0.3 is 5.97 Å². The first-order valence-corrected chi connectivity index (χ1v) is 10.9. The summed E-state index contributed by atoms with van der Waals surface area (Å²) >= 11 is 0. The first-order valence-electron chi connectivity index (χ1n) is 9.40. The van der Waals surface area contributed by atoms with E-state index < -0.39 is 16.0 Å². The van der Waals surface area contributed by atoms with Crippen LogP contribution >= 0.6 is 0 Å². The van der Waals surface area contributed by atoms with Gasteiger partial charge in [-0.3, -0.25) is 9.52 Å². The topological polar surface area (TPSA) is 102 Å². The molecular weight excluding hydrogens is 392 g/mol. The van der Waals surface area contributed by atoms with E-state index in [1.807, 2.05) is 13.8 Å². The van der Waals surface area contributed by atoms with Crippen LogP contribution in [0.1, 0.15) is 35.7 Å². The molecule has 1 unspecified atom stereocenters. The minimum Gasteiger partial charge on any atom is -0.452 e. The molecule has 0 heterocycles. The van der Waals surface area contributed by atoms with Crippen molar-refractivity contribution in [2.45, 2.75) is 37.6 Å². The van der Waals surface area contributed by atoms with Crippen LogP contribution < -0.4 is 10.0 Å². The van der Waals surface area contributed by atoms with Gasteiger partial charge in [-0.2, -0.15) is 0 Å². The van der Waals surface area contributed by atoms with Crippen molar-refractivity contribution >= 4 is 27.6 Å². The van der Waals surface area contributed by atoms with Gasteiger partial charge in [0.25, 0.3) is 15.9 Å². The molecule has 1 aliphatic carbocycles. The normalized spacial score (nSPS) is 14.7. The molecule has 8 heteroatoms. The maximum absolute atomic E-state index is 12.5. The number of ether oxygens (including phenoxy) is 1. The molecule has 0 saturated heterocycles.